The highest BCUT2D eigenvalue weighted by atomic mass is 19.1. The van der Waals surface area contributed by atoms with Gasteiger partial charge in [0, 0.05) is 27.6 Å². The first-order valence-electron chi connectivity index (χ1n) is 9.48. The molecule has 0 heterocycles. The predicted octanol–water partition coefficient (Wildman–Crippen LogP) is 6.40. The molecule has 0 spiro atoms. The maximum absolute atomic E-state index is 14.2. The minimum atomic E-state index is -0.163. The second-order valence-corrected chi connectivity index (χ2v) is 7.08. The van der Waals surface area contributed by atoms with Crippen LogP contribution in [0, 0.1) is 43.3 Å². The number of halogens is 1. The fourth-order valence-electron chi connectivity index (χ4n) is 3.04. The first-order valence-corrected chi connectivity index (χ1v) is 9.48. The van der Waals surface area contributed by atoms with Crippen LogP contribution in [-0.2, 0) is 0 Å². The van der Waals surface area contributed by atoms with Crippen molar-refractivity contribution in [3.05, 3.63) is 118 Å². The summed E-state index contributed by atoms with van der Waals surface area (Å²) < 4.78 is 14.2. The highest BCUT2D eigenvalue weighted by Crippen LogP contribution is 2.21. The minimum Gasteiger partial charge on any atom is -0.206 e. The minimum absolute atomic E-state index is 0.163. The highest BCUT2D eigenvalue weighted by Gasteiger charge is 2.03. The normalized spacial score (nSPS) is 10.0. The first-order chi connectivity index (χ1) is 14.1. The van der Waals surface area contributed by atoms with Crippen molar-refractivity contribution in [3.8, 4) is 23.7 Å². The standard InChI is InChI=1S/C28H19F/c1-20-3-6-22(7-4-20)8-9-23-10-12-24(13-11-23)14-15-25-16-18-27-26(19-25)17-5-21(2)28(27)29/h3-7,10-13,16-19H,1-2H3. The Morgan fingerprint density at radius 3 is 1.62 bits per heavy atom. The van der Waals surface area contributed by atoms with Crippen LogP contribution in [0.2, 0.25) is 0 Å². The lowest BCUT2D eigenvalue weighted by atomic mass is 10.0. The number of fused-ring (bicyclic) bond motifs is 1. The first kappa shape index (κ1) is 18.5. The van der Waals surface area contributed by atoms with E-state index in [0.29, 0.717) is 10.9 Å². The molecule has 0 saturated carbocycles. The molecule has 1 heteroatoms. The molecule has 0 amide bonds. The van der Waals surface area contributed by atoms with E-state index >= 15 is 0 Å². The number of hydrogen-bond acceptors (Lipinski definition) is 0. The van der Waals surface area contributed by atoms with Gasteiger partial charge in [-0.05, 0) is 73.3 Å². The quantitative estimate of drug-likeness (QED) is 0.313. The summed E-state index contributed by atoms with van der Waals surface area (Å²) in [5.41, 5.74) is 5.62. The molecule has 0 bridgehead atoms. The van der Waals surface area contributed by atoms with Gasteiger partial charge in [0.1, 0.15) is 5.82 Å². The van der Waals surface area contributed by atoms with E-state index in [2.05, 4.69) is 42.7 Å². The molecule has 0 unspecified atom stereocenters. The molecule has 0 saturated heterocycles. The van der Waals surface area contributed by atoms with Crippen molar-refractivity contribution in [2.24, 2.45) is 0 Å². The van der Waals surface area contributed by atoms with Crippen molar-refractivity contribution in [1.29, 1.82) is 0 Å². The lowest BCUT2D eigenvalue weighted by Gasteiger charge is -2.03. The van der Waals surface area contributed by atoms with Gasteiger partial charge in [-0.2, -0.15) is 0 Å². The number of hydrogen-bond donors (Lipinski definition) is 0. The Balaban J connectivity index is 1.53. The Morgan fingerprint density at radius 1 is 0.552 bits per heavy atom. The van der Waals surface area contributed by atoms with Crippen LogP contribution in [0.1, 0.15) is 33.4 Å². The summed E-state index contributed by atoms with van der Waals surface area (Å²) in [6, 6.07) is 25.4. The zero-order valence-electron chi connectivity index (χ0n) is 16.4. The maximum Gasteiger partial charge on any atom is 0.133 e. The van der Waals surface area contributed by atoms with Crippen LogP contribution in [0.15, 0.2) is 78.9 Å². The average molecular weight is 374 g/mol. The lowest BCUT2D eigenvalue weighted by Crippen LogP contribution is -1.86. The highest BCUT2D eigenvalue weighted by molar-refractivity contribution is 5.85. The van der Waals surface area contributed by atoms with E-state index in [1.165, 1.54) is 5.56 Å². The van der Waals surface area contributed by atoms with Crippen LogP contribution in [0.5, 0.6) is 0 Å². The molecular formula is C28H19F. The van der Waals surface area contributed by atoms with Crippen molar-refractivity contribution < 1.29 is 4.39 Å². The van der Waals surface area contributed by atoms with Crippen LogP contribution >= 0.6 is 0 Å². The monoisotopic (exact) mass is 374 g/mol. The maximum atomic E-state index is 14.2. The number of benzene rings is 4. The molecule has 4 rings (SSSR count). The molecule has 138 valence electrons. The molecule has 0 radical (unpaired) electrons. The molecule has 0 fully saturated rings. The summed E-state index contributed by atoms with van der Waals surface area (Å²) in [7, 11) is 0. The largest absolute Gasteiger partial charge is 0.206 e. The van der Waals surface area contributed by atoms with E-state index in [9.17, 15) is 4.39 Å². The smallest absolute Gasteiger partial charge is 0.133 e. The van der Waals surface area contributed by atoms with E-state index < -0.39 is 0 Å². The van der Waals surface area contributed by atoms with E-state index in [0.717, 1.165) is 27.6 Å². The third-order valence-corrected chi connectivity index (χ3v) is 4.79. The van der Waals surface area contributed by atoms with Crippen molar-refractivity contribution >= 4 is 10.8 Å². The van der Waals surface area contributed by atoms with Gasteiger partial charge in [0.05, 0.1) is 0 Å². The van der Waals surface area contributed by atoms with E-state index in [4.69, 9.17) is 0 Å². The summed E-state index contributed by atoms with van der Waals surface area (Å²) in [5, 5.41) is 1.49. The van der Waals surface area contributed by atoms with Crippen LogP contribution in [-0.4, -0.2) is 0 Å². The molecule has 0 aromatic heterocycles. The van der Waals surface area contributed by atoms with E-state index in [1.807, 2.05) is 54.6 Å². The molecule has 0 aliphatic heterocycles. The molecule has 0 nitrogen and oxygen atoms in total. The van der Waals surface area contributed by atoms with Crippen molar-refractivity contribution in [1.82, 2.24) is 0 Å². The number of aryl methyl sites for hydroxylation is 2. The fourth-order valence-corrected chi connectivity index (χ4v) is 3.04. The van der Waals surface area contributed by atoms with Crippen LogP contribution in [0.25, 0.3) is 10.8 Å². The van der Waals surface area contributed by atoms with E-state index in [-0.39, 0.29) is 5.82 Å². The Kier molecular flexibility index (Phi) is 5.15. The molecule has 0 N–H and O–H groups in total. The topological polar surface area (TPSA) is 0 Å². The van der Waals surface area contributed by atoms with Gasteiger partial charge in [0.15, 0.2) is 0 Å². The van der Waals surface area contributed by atoms with Crippen molar-refractivity contribution in [3.63, 3.8) is 0 Å². The van der Waals surface area contributed by atoms with Gasteiger partial charge in [-0.3, -0.25) is 0 Å². The molecule has 4 aromatic rings. The van der Waals surface area contributed by atoms with Crippen LogP contribution in [0.4, 0.5) is 4.39 Å². The molecule has 4 aromatic carbocycles. The summed E-state index contributed by atoms with van der Waals surface area (Å²) in [6.45, 7) is 3.84. The lowest BCUT2D eigenvalue weighted by molar-refractivity contribution is 0.631. The van der Waals surface area contributed by atoms with Gasteiger partial charge in [-0.25, -0.2) is 4.39 Å². The van der Waals surface area contributed by atoms with Gasteiger partial charge in [0.2, 0.25) is 0 Å². The van der Waals surface area contributed by atoms with Crippen LogP contribution < -0.4 is 0 Å². The second kappa shape index (κ2) is 8.05. The second-order valence-electron chi connectivity index (χ2n) is 7.08. The van der Waals surface area contributed by atoms with Crippen molar-refractivity contribution in [2.75, 3.05) is 0 Å². The van der Waals surface area contributed by atoms with Crippen molar-refractivity contribution in [2.45, 2.75) is 13.8 Å². The van der Waals surface area contributed by atoms with Gasteiger partial charge in [-0.15, -0.1) is 0 Å². The van der Waals surface area contributed by atoms with Crippen LogP contribution in [0.3, 0.4) is 0 Å². The molecule has 0 atom stereocenters. The number of rotatable bonds is 0. The average Bonchev–Trinajstić information content (AvgIpc) is 2.75. The third-order valence-electron chi connectivity index (χ3n) is 4.79. The molecule has 29 heavy (non-hydrogen) atoms. The van der Waals surface area contributed by atoms with Gasteiger partial charge in [-0.1, -0.05) is 59.6 Å². The SMILES string of the molecule is Cc1ccc(C#Cc2ccc(C#Cc3ccc4c(F)c(C)ccc4c3)cc2)cc1. The third kappa shape index (κ3) is 4.37. The Hall–Kier alpha value is -3.81. The summed E-state index contributed by atoms with van der Waals surface area (Å²) in [5.74, 6) is 12.5. The van der Waals surface area contributed by atoms with Gasteiger partial charge >= 0.3 is 0 Å². The van der Waals surface area contributed by atoms with Gasteiger partial charge in [0.25, 0.3) is 0 Å². The molecule has 0 aliphatic rings. The summed E-state index contributed by atoms with van der Waals surface area (Å²) >= 11 is 0. The Labute approximate surface area is 171 Å². The zero-order chi connectivity index (χ0) is 20.2. The van der Waals surface area contributed by atoms with E-state index in [1.54, 1.807) is 19.1 Å². The summed E-state index contributed by atoms with van der Waals surface area (Å²) in [4.78, 5) is 0. The molecule has 0 aliphatic carbocycles. The Morgan fingerprint density at radius 2 is 1.03 bits per heavy atom. The predicted molar refractivity (Wildman–Crippen MR) is 118 cm³/mol. The Bertz CT molecular complexity index is 1300. The summed E-state index contributed by atoms with van der Waals surface area (Å²) in [6.07, 6.45) is 0. The van der Waals surface area contributed by atoms with Gasteiger partial charge < -0.3 is 0 Å². The fraction of sp³-hybridized carbons (Fsp3) is 0.0714. The zero-order valence-corrected chi connectivity index (χ0v) is 16.4. The molecular weight excluding hydrogens is 355 g/mol.